The number of aliphatic carboxylic acids is 1. The maximum atomic E-state index is 11.8. The fourth-order valence-corrected chi connectivity index (χ4v) is 4.91. The van der Waals surface area contributed by atoms with Gasteiger partial charge in [-0.15, -0.1) is 11.8 Å². The zero-order valence-corrected chi connectivity index (χ0v) is 22.1. The van der Waals surface area contributed by atoms with Gasteiger partial charge in [-0.25, -0.2) is 8.42 Å². The molecule has 27 heavy (non-hydrogen) atoms. The molecule has 2 rings (SSSR count). The molecule has 0 aliphatic carbocycles. The van der Waals surface area contributed by atoms with Crippen molar-refractivity contribution in [3.05, 3.63) is 22.1 Å². The summed E-state index contributed by atoms with van der Waals surface area (Å²) in [5.41, 5.74) is 0. The van der Waals surface area contributed by atoms with Gasteiger partial charge in [0.05, 0.1) is 32.6 Å². The normalized spacial score (nSPS) is 20.2. The molecular formula is C13H14N2Na2O6S4. The van der Waals surface area contributed by atoms with Crippen molar-refractivity contribution in [2.75, 3.05) is 31.1 Å². The molecular weight excluding hydrogens is 454 g/mol. The van der Waals surface area contributed by atoms with Crippen LogP contribution in [-0.4, -0.2) is 70.1 Å². The summed E-state index contributed by atoms with van der Waals surface area (Å²) in [7, 11) is -4.22. The van der Waals surface area contributed by atoms with Gasteiger partial charge in [0.2, 0.25) is 0 Å². The van der Waals surface area contributed by atoms with E-state index >= 15 is 0 Å². The number of thiocarbonyl (C=S) groups is 1. The average Bonchev–Trinajstić information content (AvgIpc) is 3.03. The Hall–Kier alpha value is 0.920. The van der Waals surface area contributed by atoms with E-state index in [4.69, 9.17) is 12.2 Å². The molecule has 8 nitrogen and oxygen atoms in total. The molecule has 2 fully saturated rings. The van der Waals surface area contributed by atoms with Crippen molar-refractivity contribution in [3.63, 3.8) is 0 Å². The number of carboxylic acids is 1. The number of hydrogen-bond donors (Lipinski definition) is 0. The van der Waals surface area contributed by atoms with E-state index in [9.17, 15) is 27.7 Å². The smallest absolute Gasteiger partial charge is 0.748 e. The molecule has 0 saturated carbocycles. The first-order valence-corrected chi connectivity index (χ1v) is 10.9. The van der Waals surface area contributed by atoms with E-state index in [1.165, 1.54) is 0 Å². The largest absolute Gasteiger partial charge is 1.00 e. The van der Waals surface area contributed by atoms with E-state index in [0.29, 0.717) is 11.4 Å². The molecule has 2 aliphatic heterocycles. The number of nitrogens with zero attached hydrogens (tertiary/aromatic N) is 2. The van der Waals surface area contributed by atoms with Gasteiger partial charge in [-0.05, 0) is 30.3 Å². The minimum absolute atomic E-state index is 0. The Morgan fingerprint density at radius 3 is 2.56 bits per heavy atom. The topological polar surface area (TPSA) is 121 Å². The Labute approximate surface area is 215 Å². The van der Waals surface area contributed by atoms with Gasteiger partial charge < -0.3 is 19.4 Å². The summed E-state index contributed by atoms with van der Waals surface area (Å²) in [6.07, 6.45) is 3.64. The third kappa shape index (κ3) is 9.08. The minimum atomic E-state index is -4.22. The van der Waals surface area contributed by atoms with Crippen LogP contribution in [0.2, 0.25) is 0 Å². The van der Waals surface area contributed by atoms with Gasteiger partial charge in [0, 0.05) is 24.6 Å². The molecule has 0 N–H and O–H groups in total. The predicted molar refractivity (Wildman–Crippen MR) is 96.7 cm³/mol. The summed E-state index contributed by atoms with van der Waals surface area (Å²) in [4.78, 5) is 26.0. The van der Waals surface area contributed by atoms with Crippen molar-refractivity contribution in [2.24, 2.45) is 0 Å². The van der Waals surface area contributed by atoms with Gasteiger partial charge in [-0.3, -0.25) is 9.69 Å². The fourth-order valence-electron chi connectivity index (χ4n) is 2.20. The van der Waals surface area contributed by atoms with E-state index in [0.717, 1.165) is 34.0 Å². The van der Waals surface area contributed by atoms with E-state index in [1.807, 2.05) is 4.90 Å². The molecule has 0 bridgehead atoms. The third-order valence-corrected chi connectivity index (χ3v) is 6.66. The van der Waals surface area contributed by atoms with Gasteiger partial charge >= 0.3 is 59.1 Å². The number of carboxylic acid groups (broad SMARTS) is 1. The number of hydrogen-bond acceptors (Lipinski definition) is 10. The van der Waals surface area contributed by atoms with Gasteiger partial charge in [0.25, 0.3) is 5.24 Å². The first-order valence-electron chi connectivity index (χ1n) is 7.14. The number of rotatable bonds is 7. The number of carbonyl (C=O) groups is 2. The van der Waals surface area contributed by atoms with Crippen molar-refractivity contribution in [3.8, 4) is 0 Å². The average molecular weight is 469 g/mol. The molecule has 2 aliphatic rings. The number of thioether (sulfide) groups is 2. The minimum Gasteiger partial charge on any atom is -0.748 e. The first-order chi connectivity index (χ1) is 11.7. The zero-order chi connectivity index (χ0) is 18.6. The summed E-state index contributed by atoms with van der Waals surface area (Å²) in [6.45, 7) is 0.589. The third-order valence-electron chi connectivity index (χ3n) is 3.28. The molecule has 1 amide bonds. The standard InChI is InChI=1S/C13H16N2O6S4.2Na/c16-11(17)8-15-12(22)9(24-13(15)18)2-3-10-14(5-6-23-10)4-1-7-25(19,20)21;;/h2-3H,1,4-8H2,(H,16,17)(H,19,20,21);;/q;2*+1/p-2. The Balaban J connectivity index is 0.00000338. The molecule has 2 heterocycles. The van der Waals surface area contributed by atoms with Crippen LogP contribution in [0.25, 0.3) is 0 Å². The van der Waals surface area contributed by atoms with Gasteiger partial charge in [0.1, 0.15) is 4.99 Å². The van der Waals surface area contributed by atoms with Crippen molar-refractivity contribution in [1.82, 2.24) is 9.80 Å². The van der Waals surface area contributed by atoms with Crippen LogP contribution in [0.5, 0.6) is 0 Å². The van der Waals surface area contributed by atoms with Gasteiger partial charge in [0.15, 0.2) is 0 Å². The summed E-state index contributed by atoms with van der Waals surface area (Å²) < 4.78 is 32.0. The second-order valence-corrected chi connectivity index (χ2v) is 9.14. The van der Waals surface area contributed by atoms with Crippen LogP contribution in [0.15, 0.2) is 22.1 Å². The quantitative estimate of drug-likeness (QED) is 0.154. The van der Waals surface area contributed by atoms with E-state index in [-0.39, 0.29) is 70.5 Å². The number of carbonyl (C=O) groups excluding carboxylic acids is 2. The summed E-state index contributed by atoms with van der Waals surface area (Å²) in [5.74, 6) is -0.969. The molecule has 0 unspecified atom stereocenters. The van der Waals surface area contributed by atoms with Crippen LogP contribution < -0.4 is 64.2 Å². The summed E-state index contributed by atoms with van der Waals surface area (Å²) >= 11 is 7.53. The first kappa shape index (κ1) is 27.9. The molecule has 14 heteroatoms. The van der Waals surface area contributed by atoms with Crippen molar-refractivity contribution in [2.45, 2.75) is 6.42 Å². The van der Waals surface area contributed by atoms with Crippen molar-refractivity contribution >= 4 is 62.1 Å². The summed E-state index contributed by atoms with van der Waals surface area (Å²) in [6, 6.07) is 0. The number of allylic oxidation sites excluding steroid dienone is 2. The molecule has 138 valence electrons. The molecule has 0 spiro atoms. The monoisotopic (exact) mass is 468 g/mol. The Morgan fingerprint density at radius 2 is 1.96 bits per heavy atom. The Bertz CT molecular complexity index is 756. The second-order valence-electron chi connectivity index (χ2n) is 5.12. The summed E-state index contributed by atoms with van der Waals surface area (Å²) in [5, 5.41) is 11.1. The molecule has 0 radical (unpaired) electrons. The van der Waals surface area contributed by atoms with Crippen LogP contribution in [0, 0.1) is 0 Å². The Kier molecular flexibility index (Phi) is 13.0. The fraction of sp³-hybridized carbons (Fsp3) is 0.462. The van der Waals surface area contributed by atoms with Gasteiger partial charge in [-0.1, -0.05) is 12.2 Å². The van der Waals surface area contributed by atoms with Crippen LogP contribution in [0.1, 0.15) is 6.42 Å². The van der Waals surface area contributed by atoms with Crippen molar-refractivity contribution in [1.29, 1.82) is 0 Å². The molecule has 0 aromatic heterocycles. The molecule has 2 saturated heterocycles. The maximum absolute atomic E-state index is 11.8. The predicted octanol–water partition coefficient (Wildman–Crippen LogP) is -6.05. The molecule has 0 aromatic rings. The van der Waals surface area contributed by atoms with E-state index in [2.05, 4.69) is 0 Å². The van der Waals surface area contributed by atoms with Gasteiger partial charge in [-0.2, -0.15) is 0 Å². The van der Waals surface area contributed by atoms with Crippen LogP contribution in [0.4, 0.5) is 4.79 Å². The number of amides is 1. The van der Waals surface area contributed by atoms with Crippen molar-refractivity contribution < 1.29 is 86.8 Å². The second kappa shape index (κ2) is 12.6. The van der Waals surface area contributed by atoms with Crippen LogP contribution in [0.3, 0.4) is 0 Å². The van der Waals surface area contributed by atoms with Crippen LogP contribution in [-0.2, 0) is 14.9 Å². The van der Waals surface area contributed by atoms with Crippen LogP contribution >= 0.6 is 35.7 Å². The Morgan fingerprint density at radius 1 is 1.30 bits per heavy atom. The molecule has 0 atom stereocenters. The van der Waals surface area contributed by atoms with E-state index < -0.39 is 33.6 Å². The SMILES string of the molecule is O=C([O-])CN1C(=O)SC(=CC=C2SCCN2CCCS(=O)(=O)[O-])C1=S.[Na+].[Na+]. The molecule has 0 aromatic carbocycles. The van der Waals surface area contributed by atoms with E-state index in [1.54, 1.807) is 23.9 Å². The maximum Gasteiger partial charge on any atom is 1.00 e. The zero-order valence-electron chi connectivity index (χ0n) is 14.9.